The molecule has 2 unspecified atom stereocenters. The molecule has 0 aliphatic carbocycles. The predicted molar refractivity (Wildman–Crippen MR) is 83.3 cm³/mol. The fraction of sp³-hybridized carbons (Fsp3) is 0.533. The van der Waals surface area contributed by atoms with Gasteiger partial charge in [-0.15, -0.1) is 0 Å². The Bertz CT molecular complexity index is 607. The van der Waals surface area contributed by atoms with Crippen molar-refractivity contribution in [1.29, 1.82) is 0 Å². The summed E-state index contributed by atoms with van der Waals surface area (Å²) in [6.45, 7) is 4.00. The van der Waals surface area contributed by atoms with E-state index in [4.69, 9.17) is 4.74 Å². The summed E-state index contributed by atoms with van der Waals surface area (Å²) in [6, 6.07) is 6.38. The lowest BCUT2D eigenvalue weighted by molar-refractivity contribution is -0.125. The monoisotopic (exact) mass is 326 g/mol. The molecule has 2 rings (SSSR count). The smallest absolute Gasteiger partial charge is 0.223 e. The van der Waals surface area contributed by atoms with Gasteiger partial charge in [-0.2, -0.15) is 0 Å². The molecule has 0 saturated carbocycles. The molecule has 1 aromatic carbocycles. The maximum absolute atomic E-state index is 12.0. The van der Waals surface area contributed by atoms with E-state index in [0.29, 0.717) is 19.6 Å². The highest BCUT2D eigenvalue weighted by Crippen LogP contribution is 2.16. The van der Waals surface area contributed by atoms with Gasteiger partial charge in [-0.25, -0.2) is 8.42 Å². The number of rotatable bonds is 5. The Morgan fingerprint density at radius 2 is 2.09 bits per heavy atom. The average Bonchev–Trinajstić information content (AvgIpc) is 2.47. The van der Waals surface area contributed by atoms with Gasteiger partial charge in [-0.3, -0.25) is 4.79 Å². The summed E-state index contributed by atoms with van der Waals surface area (Å²) in [5.41, 5.74) is 0.864. The number of hydrogen-bond acceptors (Lipinski definition) is 5. The molecule has 7 heteroatoms. The largest absolute Gasteiger partial charge is 0.375 e. The van der Waals surface area contributed by atoms with Gasteiger partial charge in [0.15, 0.2) is 9.84 Å². The number of nitrogens with one attached hydrogen (secondary N) is 2. The quantitative estimate of drug-likeness (QED) is 0.830. The zero-order valence-corrected chi connectivity index (χ0v) is 13.7. The van der Waals surface area contributed by atoms with Gasteiger partial charge in [0.1, 0.15) is 0 Å². The lowest BCUT2D eigenvalue weighted by atomic mass is 10.1. The molecule has 6 nitrogen and oxygen atoms in total. The van der Waals surface area contributed by atoms with Crippen molar-refractivity contribution in [1.82, 2.24) is 10.6 Å². The van der Waals surface area contributed by atoms with Crippen LogP contribution < -0.4 is 10.6 Å². The highest BCUT2D eigenvalue weighted by Gasteiger charge is 2.19. The van der Waals surface area contributed by atoms with E-state index in [0.717, 1.165) is 12.1 Å². The van der Waals surface area contributed by atoms with Crippen molar-refractivity contribution >= 4 is 15.7 Å². The first kappa shape index (κ1) is 16.9. The number of amides is 1. The molecule has 0 aromatic heterocycles. The number of ether oxygens (including phenoxy) is 1. The van der Waals surface area contributed by atoms with Gasteiger partial charge in [0.05, 0.1) is 30.1 Å². The number of sulfone groups is 1. The SMILES string of the molecule is CC(NC(=O)CC1CNCCO1)c1ccc(S(C)(=O)=O)cc1. The molecule has 1 aliphatic rings. The van der Waals surface area contributed by atoms with Crippen LogP contribution >= 0.6 is 0 Å². The normalized spacial score (nSPS) is 20.4. The van der Waals surface area contributed by atoms with Gasteiger partial charge in [-0.05, 0) is 24.6 Å². The summed E-state index contributed by atoms with van der Waals surface area (Å²) in [4.78, 5) is 12.3. The van der Waals surface area contributed by atoms with Crippen LogP contribution in [0.5, 0.6) is 0 Å². The summed E-state index contributed by atoms with van der Waals surface area (Å²) >= 11 is 0. The minimum absolute atomic E-state index is 0.0756. The van der Waals surface area contributed by atoms with Gasteiger partial charge in [0.25, 0.3) is 0 Å². The Balaban J connectivity index is 1.90. The third-order valence-corrected chi connectivity index (χ3v) is 4.73. The van der Waals surface area contributed by atoms with Gasteiger partial charge in [0.2, 0.25) is 5.91 Å². The summed E-state index contributed by atoms with van der Waals surface area (Å²) in [5.74, 6) is -0.0756. The van der Waals surface area contributed by atoms with Gasteiger partial charge < -0.3 is 15.4 Å². The number of carbonyl (C=O) groups is 1. The summed E-state index contributed by atoms with van der Waals surface area (Å²) in [5, 5.41) is 6.09. The van der Waals surface area contributed by atoms with E-state index in [1.54, 1.807) is 24.3 Å². The van der Waals surface area contributed by atoms with Crippen LogP contribution in [-0.2, 0) is 19.4 Å². The lowest BCUT2D eigenvalue weighted by Gasteiger charge is -2.24. The molecule has 1 fully saturated rings. The molecular formula is C15H22N2O4S. The van der Waals surface area contributed by atoms with E-state index in [9.17, 15) is 13.2 Å². The fourth-order valence-corrected chi connectivity index (χ4v) is 2.98. The standard InChI is InChI=1S/C15H22N2O4S/c1-11(12-3-5-14(6-4-12)22(2,19)20)17-15(18)9-13-10-16-7-8-21-13/h3-6,11,13,16H,7-10H2,1-2H3,(H,17,18). The molecule has 1 amide bonds. The second-order valence-electron chi connectivity index (χ2n) is 5.53. The average molecular weight is 326 g/mol. The number of benzene rings is 1. The van der Waals surface area contributed by atoms with E-state index in [2.05, 4.69) is 10.6 Å². The van der Waals surface area contributed by atoms with E-state index in [1.807, 2.05) is 6.92 Å². The first-order valence-electron chi connectivity index (χ1n) is 7.28. The van der Waals surface area contributed by atoms with Gasteiger partial charge >= 0.3 is 0 Å². The number of morpholine rings is 1. The Morgan fingerprint density at radius 1 is 1.41 bits per heavy atom. The third kappa shape index (κ3) is 4.79. The van der Waals surface area contributed by atoms with Crippen molar-refractivity contribution in [3.8, 4) is 0 Å². The maximum atomic E-state index is 12.0. The van der Waals surface area contributed by atoms with Crippen LogP contribution in [0.3, 0.4) is 0 Å². The first-order valence-corrected chi connectivity index (χ1v) is 9.17. The fourth-order valence-electron chi connectivity index (χ4n) is 2.35. The number of hydrogen-bond donors (Lipinski definition) is 2. The molecule has 0 radical (unpaired) electrons. The molecule has 22 heavy (non-hydrogen) atoms. The first-order chi connectivity index (χ1) is 10.4. The summed E-state index contributed by atoms with van der Waals surface area (Å²) < 4.78 is 28.3. The van der Waals surface area contributed by atoms with Crippen molar-refractivity contribution in [2.45, 2.75) is 30.4 Å². The highest BCUT2D eigenvalue weighted by molar-refractivity contribution is 7.90. The molecule has 2 atom stereocenters. The topological polar surface area (TPSA) is 84.5 Å². The minimum Gasteiger partial charge on any atom is -0.375 e. The van der Waals surface area contributed by atoms with Crippen LogP contribution in [0.1, 0.15) is 24.9 Å². The second kappa shape index (κ2) is 7.21. The van der Waals surface area contributed by atoms with Crippen molar-refractivity contribution in [2.24, 2.45) is 0 Å². The van der Waals surface area contributed by atoms with Crippen LogP contribution in [0.25, 0.3) is 0 Å². The van der Waals surface area contributed by atoms with Crippen molar-refractivity contribution < 1.29 is 17.9 Å². The molecule has 0 spiro atoms. The molecule has 1 heterocycles. The predicted octanol–water partition coefficient (Wildman–Crippen LogP) is 0.646. The molecular weight excluding hydrogens is 304 g/mol. The Labute approximate surface area is 131 Å². The van der Waals surface area contributed by atoms with Crippen LogP contribution in [0.15, 0.2) is 29.2 Å². The minimum atomic E-state index is -3.20. The third-order valence-electron chi connectivity index (χ3n) is 3.60. The van der Waals surface area contributed by atoms with Gasteiger partial charge in [-0.1, -0.05) is 12.1 Å². The van der Waals surface area contributed by atoms with E-state index in [1.165, 1.54) is 6.26 Å². The molecule has 122 valence electrons. The van der Waals surface area contributed by atoms with Crippen LogP contribution in [0, 0.1) is 0 Å². The lowest BCUT2D eigenvalue weighted by Crippen LogP contribution is -2.41. The van der Waals surface area contributed by atoms with Crippen LogP contribution in [-0.4, -0.2) is 46.4 Å². The Hall–Kier alpha value is -1.44. The molecule has 2 N–H and O–H groups in total. The zero-order valence-electron chi connectivity index (χ0n) is 12.8. The van der Waals surface area contributed by atoms with Crippen molar-refractivity contribution in [3.05, 3.63) is 29.8 Å². The summed E-state index contributed by atoms with van der Waals surface area (Å²) in [7, 11) is -3.20. The molecule has 1 saturated heterocycles. The van der Waals surface area contributed by atoms with E-state index < -0.39 is 9.84 Å². The maximum Gasteiger partial charge on any atom is 0.223 e. The Kier molecular flexibility index (Phi) is 5.55. The van der Waals surface area contributed by atoms with E-state index in [-0.39, 0.29) is 22.9 Å². The van der Waals surface area contributed by atoms with Crippen LogP contribution in [0.2, 0.25) is 0 Å². The summed E-state index contributed by atoms with van der Waals surface area (Å²) in [6.07, 6.45) is 1.40. The van der Waals surface area contributed by atoms with Crippen molar-refractivity contribution in [3.63, 3.8) is 0 Å². The number of carbonyl (C=O) groups excluding carboxylic acids is 1. The second-order valence-corrected chi connectivity index (χ2v) is 7.55. The zero-order chi connectivity index (χ0) is 16.2. The molecule has 0 bridgehead atoms. The molecule has 1 aliphatic heterocycles. The molecule has 1 aromatic rings. The van der Waals surface area contributed by atoms with E-state index >= 15 is 0 Å². The highest BCUT2D eigenvalue weighted by atomic mass is 32.2. The van der Waals surface area contributed by atoms with Crippen molar-refractivity contribution in [2.75, 3.05) is 26.0 Å². The van der Waals surface area contributed by atoms with Crippen LogP contribution in [0.4, 0.5) is 0 Å². The Morgan fingerprint density at radius 3 is 2.64 bits per heavy atom. The van der Waals surface area contributed by atoms with Gasteiger partial charge in [0, 0.05) is 19.3 Å².